The van der Waals surface area contributed by atoms with Crippen molar-refractivity contribution >= 4 is 23.4 Å². The zero-order chi connectivity index (χ0) is 24.7. The topological polar surface area (TPSA) is 105 Å². The minimum Gasteiger partial charge on any atom is -0.488 e. The summed E-state index contributed by atoms with van der Waals surface area (Å²) in [5.74, 6) is -0.752. The maximum Gasteiger partial charge on any atom is 0.418 e. The quantitative estimate of drug-likeness (QED) is 0.207. The average molecular weight is 467 g/mol. The summed E-state index contributed by atoms with van der Waals surface area (Å²) in [4.78, 5) is 22.4. The fraction of sp³-hybridized carbons (Fsp3) is 0.0833. The van der Waals surface area contributed by atoms with Crippen LogP contribution in [0.3, 0.4) is 0 Å². The number of rotatable bonds is 7. The number of non-ortho nitro benzene ring substituents is 1. The summed E-state index contributed by atoms with van der Waals surface area (Å²) in [5.41, 5.74) is -2.13. The predicted octanol–water partition coefficient (Wildman–Crippen LogP) is 5.74. The van der Waals surface area contributed by atoms with E-state index in [1.54, 1.807) is 30.3 Å². The molecule has 3 rings (SSSR count). The van der Waals surface area contributed by atoms with Crippen molar-refractivity contribution in [2.45, 2.75) is 12.8 Å². The van der Waals surface area contributed by atoms with E-state index in [9.17, 15) is 33.3 Å². The second-order valence-corrected chi connectivity index (χ2v) is 6.92. The first-order valence-corrected chi connectivity index (χ1v) is 9.73. The molecule has 0 unspecified atom stereocenters. The molecule has 0 bridgehead atoms. The highest BCUT2D eigenvalue weighted by Gasteiger charge is 2.36. The minimum atomic E-state index is -4.97. The molecule has 3 aromatic rings. The lowest BCUT2D eigenvalue weighted by atomic mass is 10.1. The van der Waals surface area contributed by atoms with Crippen LogP contribution in [0.15, 0.2) is 78.4 Å². The first-order valence-electron chi connectivity index (χ1n) is 9.73. The summed E-state index contributed by atoms with van der Waals surface area (Å²) in [7, 11) is 0. The van der Waals surface area contributed by atoms with Gasteiger partial charge < -0.3 is 10.1 Å². The van der Waals surface area contributed by atoms with Gasteiger partial charge in [-0.3, -0.25) is 14.9 Å². The number of hydrogen-bond acceptors (Lipinski definition) is 5. The monoisotopic (exact) mass is 467 g/mol. The molecular weight excluding hydrogens is 451 g/mol. The number of anilines is 1. The largest absolute Gasteiger partial charge is 0.488 e. The van der Waals surface area contributed by atoms with Crippen molar-refractivity contribution in [3.63, 3.8) is 0 Å². The SMILES string of the molecule is N#CC(=Cc1ccccc1OCc1ccccc1)C(=O)Nc1ccc([N+](=O)[O-])cc1C(F)(F)F. The fourth-order valence-corrected chi connectivity index (χ4v) is 2.95. The smallest absolute Gasteiger partial charge is 0.418 e. The lowest BCUT2D eigenvalue weighted by Crippen LogP contribution is -2.18. The number of nitrogens with one attached hydrogen (secondary N) is 1. The van der Waals surface area contributed by atoms with Gasteiger partial charge in [-0.2, -0.15) is 18.4 Å². The molecular formula is C24H16F3N3O4. The molecule has 0 heterocycles. The molecule has 1 N–H and O–H groups in total. The summed E-state index contributed by atoms with van der Waals surface area (Å²) >= 11 is 0. The molecule has 0 aliphatic carbocycles. The van der Waals surface area contributed by atoms with Crippen LogP contribution in [0, 0.1) is 21.4 Å². The molecule has 10 heteroatoms. The van der Waals surface area contributed by atoms with Gasteiger partial charge in [0.1, 0.15) is 24.0 Å². The Morgan fingerprint density at radius 1 is 1.09 bits per heavy atom. The van der Waals surface area contributed by atoms with E-state index in [2.05, 4.69) is 0 Å². The summed E-state index contributed by atoms with van der Waals surface area (Å²) < 4.78 is 45.9. The molecule has 0 aliphatic rings. The van der Waals surface area contributed by atoms with Crippen molar-refractivity contribution in [2.75, 3.05) is 5.32 Å². The van der Waals surface area contributed by atoms with Gasteiger partial charge in [0, 0.05) is 17.7 Å². The van der Waals surface area contributed by atoms with Crippen LogP contribution in [0.4, 0.5) is 24.5 Å². The van der Waals surface area contributed by atoms with Crippen molar-refractivity contribution < 1.29 is 27.6 Å². The number of nitriles is 1. The maximum atomic E-state index is 13.4. The number of amides is 1. The van der Waals surface area contributed by atoms with E-state index in [-0.39, 0.29) is 6.61 Å². The number of nitrogens with zero attached hydrogens (tertiary/aromatic N) is 2. The molecule has 0 atom stereocenters. The van der Waals surface area contributed by atoms with Crippen LogP contribution >= 0.6 is 0 Å². The van der Waals surface area contributed by atoms with Crippen molar-refractivity contribution in [2.24, 2.45) is 0 Å². The highest BCUT2D eigenvalue weighted by atomic mass is 19.4. The standard InChI is InChI=1S/C24H16F3N3O4/c25-24(26,27)20-13-19(30(32)33)10-11-21(20)29-23(31)18(14-28)12-17-8-4-5-9-22(17)34-15-16-6-2-1-3-7-16/h1-13H,15H2,(H,29,31). The first-order chi connectivity index (χ1) is 16.2. The van der Waals surface area contributed by atoms with E-state index in [4.69, 9.17) is 4.74 Å². The maximum absolute atomic E-state index is 13.4. The predicted molar refractivity (Wildman–Crippen MR) is 118 cm³/mol. The Labute approximate surface area is 191 Å². The molecule has 34 heavy (non-hydrogen) atoms. The molecule has 0 fully saturated rings. The number of para-hydroxylation sites is 1. The fourth-order valence-electron chi connectivity index (χ4n) is 2.95. The minimum absolute atomic E-state index is 0.220. The lowest BCUT2D eigenvalue weighted by molar-refractivity contribution is -0.385. The normalized spacial score (nSPS) is 11.4. The van der Waals surface area contributed by atoms with Gasteiger partial charge in [0.25, 0.3) is 11.6 Å². The van der Waals surface area contributed by atoms with Crippen molar-refractivity contribution in [3.8, 4) is 11.8 Å². The van der Waals surface area contributed by atoms with Crippen LogP contribution in [0.1, 0.15) is 16.7 Å². The van der Waals surface area contributed by atoms with E-state index >= 15 is 0 Å². The van der Waals surface area contributed by atoms with Crippen molar-refractivity contribution in [1.82, 2.24) is 0 Å². The Morgan fingerprint density at radius 3 is 2.41 bits per heavy atom. The van der Waals surface area contributed by atoms with E-state index < -0.39 is 39.5 Å². The number of ether oxygens (including phenoxy) is 1. The number of alkyl halides is 3. The van der Waals surface area contributed by atoms with Gasteiger partial charge >= 0.3 is 6.18 Å². The van der Waals surface area contributed by atoms with Crippen LogP contribution in [0.2, 0.25) is 0 Å². The van der Waals surface area contributed by atoms with Gasteiger partial charge in [0.05, 0.1) is 16.2 Å². The zero-order valence-corrected chi connectivity index (χ0v) is 17.4. The molecule has 3 aromatic carbocycles. The summed E-state index contributed by atoms with van der Waals surface area (Å²) in [6, 6.07) is 19.4. The number of hydrogen-bond donors (Lipinski definition) is 1. The molecule has 0 saturated heterocycles. The Hall–Kier alpha value is -4.65. The number of carbonyl (C=O) groups excluding carboxylic acids is 1. The first kappa shape index (κ1) is 24.0. The van der Waals surface area contributed by atoms with Gasteiger partial charge in [0.15, 0.2) is 0 Å². The molecule has 0 spiro atoms. The Bertz CT molecular complexity index is 1280. The van der Waals surface area contributed by atoms with Crippen LogP contribution in [0.25, 0.3) is 6.08 Å². The summed E-state index contributed by atoms with van der Waals surface area (Å²) in [6.07, 6.45) is -3.78. The summed E-state index contributed by atoms with van der Waals surface area (Å²) in [5, 5.41) is 22.3. The van der Waals surface area contributed by atoms with Crippen molar-refractivity contribution in [3.05, 3.63) is 105 Å². The van der Waals surface area contributed by atoms with Gasteiger partial charge in [-0.15, -0.1) is 0 Å². The zero-order valence-electron chi connectivity index (χ0n) is 17.4. The Kier molecular flexibility index (Phi) is 7.28. The number of halogens is 3. The van der Waals surface area contributed by atoms with Gasteiger partial charge in [-0.05, 0) is 23.8 Å². The van der Waals surface area contributed by atoms with Crippen LogP contribution in [-0.4, -0.2) is 10.8 Å². The number of nitro groups is 1. The second kappa shape index (κ2) is 10.3. The molecule has 0 saturated carbocycles. The number of benzene rings is 3. The number of nitro benzene ring substituents is 1. The second-order valence-electron chi connectivity index (χ2n) is 6.92. The third-order valence-electron chi connectivity index (χ3n) is 4.59. The van der Waals surface area contributed by atoms with Crippen LogP contribution in [0.5, 0.6) is 5.75 Å². The Balaban J connectivity index is 1.87. The number of carbonyl (C=O) groups is 1. The molecule has 0 radical (unpaired) electrons. The average Bonchev–Trinajstić information content (AvgIpc) is 2.81. The summed E-state index contributed by atoms with van der Waals surface area (Å²) in [6.45, 7) is 0.220. The van der Waals surface area contributed by atoms with E-state index in [0.29, 0.717) is 17.4 Å². The van der Waals surface area contributed by atoms with Gasteiger partial charge in [-0.25, -0.2) is 0 Å². The third kappa shape index (κ3) is 5.98. The van der Waals surface area contributed by atoms with E-state index in [1.807, 2.05) is 35.6 Å². The van der Waals surface area contributed by atoms with Gasteiger partial charge in [0.2, 0.25) is 0 Å². The van der Waals surface area contributed by atoms with Crippen LogP contribution in [-0.2, 0) is 17.6 Å². The molecule has 1 amide bonds. The highest BCUT2D eigenvalue weighted by molar-refractivity contribution is 6.10. The van der Waals surface area contributed by atoms with Crippen LogP contribution < -0.4 is 10.1 Å². The van der Waals surface area contributed by atoms with Crippen molar-refractivity contribution in [1.29, 1.82) is 5.26 Å². The lowest BCUT2D eigenvalue weighted by Gasteiger charge is -2.13. The molecule has 0 aromatic heterocycles. The highest BCUT2D eigenvalue weighted by Crippen LogP contribution is 2.37. The molecule has 172 valence electrons. The third-order valence-corrected chi connectivity index (χ3v) is 4.59. The molecule has 0 aliphatic heterocycles. The molecule has 7 nitrogen and oxygen atoms in total. The van der Waals surface area contributed by atoms with Gasteiger partial charge in [-0.1, -0.05) is 48.5 Å². The van der Waals surface area contributed by atoms with E-state index in [1.165, 1.54) is 6.08 Å². The Morgan fingerprint density at radius 2 is 1.76 bits per heavy atom. The van der Waals surface area contributed by atoms with E-state index in [0.717, 1.165) is 17.7 Å².